The summed E-state index contributed by atoms with van der Waals surface area (Å²) in [6, 6.07) is 9.71. The SMILES string of the molecule is NC(=O)c1cc([N+](=O)[O-])c(Oc2ccccc2)s1. The largest absolute Gasteiger partial charge is 0.440 e. The lowest BCUT2D eigenvalue weighted by Crippen LogP contribution is -2.08. The molecule has 18 heavy (non-hydrogen) atoms. The van der Waals surface area contributed by atoms with Gasteiger partial charge in [-0.25, -0.2) is 0 Å². The number of para-hydroxylation sites is 1. The van der Waals surface area contributed by atoms with E-state index in [-0.39, 0.29) is 15.6 Å². The molecule has 1 heterocycles. The van der Waals surface area contributed by atoms with Crippen LogP contribution in [0.15, 0.2) is 36.4 Å². The van der Waals surface area contributed by atoms with Crippen LogP contribution in [0.4, 0.5) is 5.69 Å². The number of nitrogens with two attached hydrogens (primary N) is 1. The van der Waals surface area contributed by atoms with Gasteiger partial charge in [-0.2, -0.15) is 0 Å². The van der Waals surface area contributed by atoms with Crippen LogP contribution in [0.3, 0.4) is 0 Å². The van der Waals surface area contributed by atoms with Crippen molar-refractivity contribution in [2.24, 2.45) is 5.73 Å². The maximum absolute atomic E-state index is 11.0. The van der Waals surface area contributed by atoms with E-state index in [1.54, 1.807) is 30.3 Å². The second-order valence-corrected chi connectivity index (χ2v) is 4.33. The van der Waals surface area contributed by atoms with Crippen LogP contribution in [0, 0.1) is 10.1 Å². The van der Waals surface area contributed by atoms with Gasteiger partial charge in [0, 0.05) is 6.07 Å². The van der Waals surface area contributed by atoms with Crippen molar-refractivity contribution in [2.75, 3.05) is 0 Å². The first-order chi connectivity index (χ1) is 8.58. The van der Waals surface area contributed by atoms with Gasteiger partial charge >= 0.3 is 5.69 Å². The summed E-state index contributed by atoms with van der Waals surface area (Å²) in [6.45, 7) is 0. The zero-order valence-electron chi connectivity index (χ0n) is 9.03. The van der Waals surface area contributed by atoms with Gasteiger partial charge in [-0.1, -0.05) is 29.5 Å². The molecular formula is C11H8N2O4S. The van der Waals surface area contributed by atoms with E-state index in [0.717, 1.165) is 17.4 Å². The molecule has 0 saturated carbocycles. The van der Waals surface area contributed by atoms with Gasteiger partial charge in [-0.3, -0.25) is 14.9 Å². The maximum Gasteiger partial charge on any atom is 0.323 e. The molecule has 2 rings (SSSR count). The number of nitro groups is 1. The van der Waals surface area contributed by atoms with Crippen LogP contribution >= 0.6 is 11.3 Å². The van der Waals surface area contributed by atoms with Gasteiger partial charge in [0.2, 0.25) is 0 Å². The third kappa shape index (κ3) is 2.46. The number of benzene rings is 1. The zero-order valence-corrected chi connectivity index (χ0v) is 9.85. The van der Waals surface area contributed by atoms with Crippen LogP contribution in [0.5, 0.6) is 10.8 Å². The molecule has 1 aromatic carbocycles. The number of thiophene rings is 1. The summed E-state index contributed by atoms with van der Waals surface area (Å²) in [5.41, 5.74) is 4.82. The summed E-state index contributed by atoms with van der Waals surface area (Å²) in [5, 5.41) is 10.9. The molecule has 0 saturated heterocycles. The number of carbonyl (C=O) groups is 1. The minimum atomic E-state index is -0.717. The molecule has 0 aliphatic carbocycles. The second kappa shape index (κ2) is 4.84. The highest BCUT2D eigenvalue weighted by molar-refractivity contribution is 7.16. The standard InChI is InChI=1S/C11H8N2O4S/c12-10(14)9-6-8(13(15)16)11(18-9)17-7-4-2-1-3-5-7/h1-6H,(H2,12,14). The Labute approximate surface area is 106 Å². The van der Waals surface area contributed by atoms with E-state index < -0.39 is 10.8 Å². The Morgan fingerprint density at radius 2 is 2.00 bits per heavy atom. The minimum absolute atomic E-state index is 0.0417. The van der Waals surface area contributed by atoms with Gasteiger partial charge < -0.3 is 10.5 Å². The van der Waals surface area contributed by atoms with Crippen LogP contribution in [0.1, 0.15) is 9.67 Å². The van der Waals surface area contributed by atoms with Crippen LogP contribution in [0.25, 0.3) is 0 Å². The Hall–Kier alpha value is -2.41. The Kier molecular flexibility index (Phi) is 3.24. The fourth-order valence-electron chi connectivity index (χ4n) is 1.28. The molecule has 0 aliphatic rings. The summed E-state index contributed by atoms with van der Waals surface area (Å²) < 4.78 is 5.37. The van der Waals surface area contributed by atoms with Crippen molar-refractivity contribution in [3.05, 3.63) is 51.4 Å². The molecule has 0 spiro atoms. The lowest BCUT2D eigenvalue weighted by molar-refractivity contribution is -0.385. The van der Waals surface area contributed by atoms with E-state index in [4.69, 9.17) is 10.5 Å². The van der Waals surface area contributed by atoms with Crippen molar-refractivity contribution in [3.63, 3.8) is 0 Å². The quantitative estimate of drug-likeness (QED) is 0.678. The van der Waals surface area contributed by atoms with E-state index in [2.05, 4.69) is 0 Å². The molecular weight excluding hydrogens is 256 g/mol. The van der Waals surface area contributed by atoms with E-state index in [1.807, 2.05) is 0 Å². The molecule has 7 heteroatoms. The second-order valence-electron chi connectivity index (χ2n) is 3.32. The molecule has 6 nitrogen and oxygen atoms in total. The van der Waals surface area contributed by atoms with Crippen LogP contribution in [-0.2, 0) is 0 Å². The van der Waals surface area contributed by atoms with Crippen LogP contribution < -0.4 is 10.5 Å². The molecule has 0 atom stereocenters. The summed E-state index contributed by atoms with van der Waals surface area (Å²) in [6.07, 6.45) is 0. The molecule has 2 N–H and O–H groups in total. The predicted molar refractivity (Wildman–Crippen MR) is 66.0 cm³/mol. The molecule has 0 bridgehead atoms. The highest BCUT2D eigenvalue weighted by Gasteiger charge is 2.23. The number of hydrogen-bond donors (Lipinski definition) is 1. The third-order valence-corrected chi connectivity index (χ3v) is 3.09. The van der Waals surface area contributed by atoms with Crippen molar-refractivity contribution in [1.29, 1.82) is 0 Å². The molecule has 1 aromatic heterocycles. The highest BCUT2D eigenvalue weighted by atomic mass is 32.1. The van der Waals surface area contributed by atoms with Gasteiger partial charge in [0.15, 0.2) is 0 Å². The highest BCUT2D eigenvalue weighted by Crippen LogP contribution is 2.39. The van der Waals surface area contributed by atoms with E-state index in [9.17, 15) is 14.9 Å². The number of primary amides is 1. The lowest BCUT2D eigenvalue weighted by atomic mass is 10.3. The van der Waals surface area contributed by atoms with Gasteiger partial charge in [0.25, 0.3) is 11.0 Å². The Balaban J connectivity index is 2.37. The van der Waals surface area contributed by atoms with Crippen molar-refractivity contribution >= 4 is 22.9 Å². The molecule has 0 radical (unpaired) electrons. The van der Waals surface area contributed by atoms with Crippen molar-refractivity contribution in [2.45, 2.75) is 0 Å². The monoisotopic (exact) mass is 264 g/mol. The van der Waals surface area contributed by atoms with Crippen molar-refractivity contribution in [1.82, 2.24) is 0 Å². The normalized spacial score (nSPS) is 10.0. The number of rotatable bonds is 4. The summed E-state index contributed by atoms with van der Waals surface area (Å²) in [4.78, 5) is 21.3. The average molecular weight is 264 g/mol. The Morgan fingerprint density at radius 3 is 2.56 bits per heavy atom. The predicted octanol–water partition coefficient (Wildman–Crippen LogP) is 2.55. The molecule has 0 aliphatic heterocycles. The smallest absolute Gasteiger partial charge is 0.323 e. The zero-order chi connectivity index (χ0) is 13.1. The molecule has 92 valence electrons. The van der Waals surface area contributed by atoms with Crippen molar-refractivity contribution < 1.29 is 14.5 Å². The van der Waals surface area contributed by atoms with Gasteiger partial charge in [-0.15, -0.1) is 0 Å². The van der Waals surface area contributed by atoms with Gasteiger partial charge in [0.1, 0.15) is 10.6 Å². The molecule has 2 aromatic rings. The fraction of sp³-hybridized carbons (Fsp3) is 0. The number of ether oxygens (including phenoxy) is 1. The topological polar surface area (TPSA) is 95.5 Å². The van der Waals surface area contributed by atoms with E-state index in [1.165, 1.54) is 0 Å². The maximum atomic E-state index is 11.0. The van der Waals surface area contributed by atoms with E-state index >= 15 is 0 Å². The number of carbonyl (C=O) groups excluding carboxylic acids is 1. The number of nitrogens with zero attached hydrogens (tertiary/aromatic N) is 1. The summed E-state index contributed by atoms with van der Waals surface area (Å²) >= 11 is 0.852. The number of hydrogen-bond acceptors (Lipinski definition) is 5. The van der Waals surface area contributed by atoms with Gasteiger partial charge in [0.05, 0.1) is 4.92 Å². The first-order valence-corrected chi connectivity index (χ1v) is 5.70. The Morgan fingerprint density at radius 1 is 1.33 bits per heavy atom. The average Bonchev–Trinajstić information content (AvgIpc) is 2.74. The molecule has 0 unspecified atom stereocenters. The first kappa shape index (κ1) is 12.1. The first-order valence-electron chi connectivity index (χ1n) is 4.89. The van der Waals surface area contributed by atoms with Gasteiger partial charge in [-0.05, 0) is 12.1 Å². The Bertz CT molecular complexity index is 594. The molecule has 0 fully saturated rings. The van der Waals surface area contributed by atoms with Crippen LogP contribution in [-0.4, -0.2) is 10.8 Å². The third-order valence-electron chi connectivity index (χ3n) is 2.07. The van der Waals surface area contributed by atoms with Crippen molar-refractivity contribution in [3.8, 4) is 10.8 Å². The summed E-state index contributed by atoms with van der Waals surface area (Å²) in [5.74, 6) is -0.260. The minimum Gasteiger partial charge on any atom is -0.440 e. The van der Waals surface area contributed by atoms with Crippen LogP contribution in [0.2, 0.25) is 0 Å². The number of amides is 1. The molecule has 1 amide bonds. The fourth-order valence-corrected chi connectivity index (χ4v) is 2.13. The summed E-state index contributed by atoms with van der Waals surface area (Å²) in [7, 11) is 0. The lowest BCUT2D eigenvalue weighted by Gasteiger charge is -2.01. The van der Waals surface area contributed by atoms with E-state index in [0.29, 0.717) is 5.75 Å².